The van der Waals surface area contributed by atoms with Gasteiger partial charge in [-0.05, 0) is 43.0 Å². The monoisotopic (exact) mass is 279 g/mol. The molecule has 5 nitrogen and oxygen atoms in total. The molecule has 0 amide bonds. The van der Waals surface area contributed by atoms with Gasteiger partial charge >= 0.3 is 5.97 Å². The van der Waals surface area contributed by atoms with Crippen LogP contribution in [0.3, 0.4) is 0 Å². The fourth-order valence-corrected chi connectivity index (χ4v) is 2.64. The van der Waals surface area contributed by atoms with Crippen LogP contribution in [-0.2, 0) is 4.74 Å². The van der Waals surface area contributed by atoms with Crippen molar-refractivity contribution >= 4 is 5.97 Å². The first kappa shape index (κ1) is 14.7. The van der Waals surface area contributed by atoms with Gasteiger partial charge in [-0.15, -0.1) is 0 Å². The quantitative estimate of drug-likeness (QED) is 0.854. The fourth-order valence-electron chi connectivity index (χ4n) is 2.64. The number of nitrogens with one attached hydrogen (secondary N) is 1. The number of rotatable bonds is 4. The van der Waals surface area contributed by atoms with E-state index in [2.05, 4.69) is 5.32 Å². The highest BCUT2D eigenvalue weighted by atomic mass is 16.5. The Bertz CT molecular complexity index is 481. The Morgan fingerprint density at radius 1 is 1.20 bits per heavy atom. The Hall–Kier alpha value is -1.75. The topological polar surface area (TPSA) is 56.8 Å². The number of esters is 1. The predicted octanol–water partition coefficient (Wildman–Crippen LogP) is 1.96. The smallest absolute Gasteiger partial charge is 0.338 e. The van der Waals surface area contributed by atoms with Crippen LogP contribution in [0.15, 0.2) is 12.1 Å². The molecule has 1 unspecified atom stereocenters. The SMILES string of the molecule is COC(=O)c1cc(OC)c(OC)cc1C1CCCNC1. The molecule has 1 aliphatic heterocycles. The summed E-state index contributed by atoms with van der Waals surface area (Å²) < 4.78 is 15.5. The van der Waals surface area contributed by atoms with E-state index in [0.717, 1.165) is 31.5 Å². The van der Waals surface area contributed by atoms with Crippen LogP contribution in [0.4, 0.5) is 0 Å². The number of ether oxygens (including phenoxy) is 3. The number of carbonyl (C=O) groups excluding carboxylic acids is 1. The number of hydrogen-bond donors (Lipinski definition) is 1. The predicted molar refractivity (Wildman–Crippen MR) is 75.7 cm³/mol. The highest BCUT2D eigenvalue weighted by Gasteiger charge is 2.24. The summed E-state index contributed by atoms with van der Waals surface area (Å²) >= 11 is 0. The summed E-state index contributed by atoms with van der Waals surface area (Å²) in [5.74, 6) is 1.13. The van der Waals surface area contributed by atoms with Crippen molar-refractivity contribution in [1.82, 2.24) is 5.32 Å². The van der Waals surface area contributed by atoms with Crippen LogP contribution in [0.2, 0.25) is 0 Å². The second-order valence-electron chi connectivity index (χ2n) is 4.83. The second-order valence-corrected chi connectivity index (χ2v) is 4.83. The van der Waals surface area contributed by atoms with E-state index in [4.69, 9.17) is 14.2 Å². The van der Waals surface area contributed by atoms with E-state index in [1.165, 1.54) is 7.11 Å². The van der Waals surface area contributed by atoms with Gasteiger partial charge in [0.05, 0.1) is 26.9 Å². The largest absolute Gasteiger partial charge is 0.493 e. The van der Waals surface area contributed by atoms with Gasteiger partial charge in [-0.25, -0.2) is 4.79 Å². The molecule has 1 saturated heterocycles. The Labute approximate surface area is 119 Å². The minimum Gasteiger partial charge on any atom is -0.493 e. The lowest BCUT2D eigenvalue weighted by Gasteiger charge is -2.25. The molecule has 1 fully saturated rings. The Kier molecular flexibility index (Phi) is 4.84. The van der Waals surface area contributed by atoms with Gasteiger partial charge in [-0.1, -0.05) is 0 Å². The van der Waals surface area contributed by atoms with Gasteiger partial charge in [-0.3, -0.25) is 0 Å². The third kappa shape index (κ3) is 2.88. The molecule has 0 saturated carbocycles. The summed E-state index contributed by atoms with van der Waals surface area (Å²) in [4.78, 5) is 12.0. The van der Waals surface area contributed by atoms with Gasteiger partial charge in [0.25, 0.3) is 0 Å². The maximum absolute atomic E-state index is 12.0. The van der Waals surface area contributed by atoms with Crippen LogP contribution in [0.1, 0.15) is 34.7 Å². The van der Waals surface area contributed by atoms with Gasteiger partial charge in [0.1, 0.15) is 0 Å². The van der Waals surface area contributed by atoms with Crippen LogP contribution in [0, 0.1) is 0 Å². The summed E-state index contributed by atoms with van der Waals surface area (Å²) in [5, 5.41) is 3.36. The molecule has 1 N–H and O–H groups in total. The molecule has 0 aromatic heterocycles. The molecule has 1 aliphatic rings. The number of methoxy groups -OCH3 is 3. The average molecular weight is 279 g/mol. The van der Waals surface area contributed by atoms with E-state index in [1.807, 2.05) is 6.07 Å². The van der Waals surface area contributed by atoms with E-state index in [0.29, 0.717) is 17.1 Å². The van der Waals surface area contributed by atoms with Crippen molar-refractivity contribution in [1.29, 1.82) is 0 Å². The molecular formula is C15H21NO4. The van der Waals surface area contributed by atoms with Gasteiger partial charge < -0.3 is 19.5 Å². The number of piperidine rings is 1. The first-order chi connectivity index (χ1) is 9.71. The lowest BCUT2D eigenvalue weighted by molar-refractivity contribution is 0.0598. The van der Waals surface area contributed by atoms with Gasteiger partial charge in [0.15, 0.2) is 11.5 Å². The first-order valence-electron chi connectivity index (χ1n) is 6.76. The molecule has 0 bridgehead atoms. The van der Waals surface area contributed by atoms with Crippen LogP contribution in [0.25, 0.3) is 0 Å². The van der Waals surface area contributed by atoms with Crippen molar-refractivity contribution in [2.45, 2.75) is 18.8 Å². The second kappa shape index (κ2) is 6.61. The molecule has 20 heavy (non-hydrogen) atoms. The molecule has 0 spiro atoms. The van der Waals surface area contributed by atoms with Crippen molar-refractivity contribution in [2.75, 3.05) is 34.4 Å². The Morgan fingerprint density at radius 3 is 2.45 bits per heavy atom. The van der Waals surface area contributed by atoms with Crippen LogP contribution < -0.4 is 14.8 Å². The molecule has 2 rings (SSSR count). The van der Waals surface area contributed by atoms with Gasteiger partial charge in [0, 0.05) is 6.54 Å². The molecule has 1 aromatic rings. The zero-order chi connectivity index (χ0) is 14.5. The van der Waals surface area contributed by atoms with Crippen LogP contribution >= 0.6 is 0 Å². The lowest BCUT2D eigenvalue weighted by atomic mass is 9.88. The summed E-state index contributed by atoms with van der Waals surface area (Å²) in [6.45, 7) is 1.89. The standard InChI is InChI=1S/C15H21NO4/c1-18-13-7-11(10-5-4-6-16-9-10)12(15(17)20-3)8-14(13)19-2/h7-8,10,16H,4-6,9H2,1-3H3. The molecule has 0 radical (unpaired) electrons. The van der Waals surface area contributed by atoms with E-state index in [1.54, 1.807) is 20.3 Å². The zero-order valence-electron chi connectivity index (χ0n) is 12.2. The van der Waals surface area contributed by atoms with Crippen molar-refractivity contribution < 1.29 is 19.0 Å². The summed E-state index contributed by atoms with van der Waals surface area (Å²) in [6.07, 6.45) is 2.14. The summed E-state index contributed by atoms with van der Waals surface area (Å²) in [6, 6.07) is 3.59. The molecule has 1 atom stereocenters. The van der Waals surface area contributed by atoms with Crippen LogP contribution in [-0.4, -0.2) is 40.4 Å². The molecule has 1 heterocycles. The van der Waals surface area contributed by atoms with Gasteiger partial charge in [-0.2, -0.15) is 0 Å². The van der Waals surface area contributed by atoms with Crippen LogP contribution in [0.5, 0.6) is 11.5 Å². The molecular weight excluding hydrogens is 258 g/mol. The Balaban J connectivity index is 2.47. The molecule has 110 valence electrons. The molecule has 0 aliphatic carbocycles. The van der Waals surface area contributed by atoms with Gasteiger partial charge in [0.2, 0.25) is 0 Å². The molecule has 1 aromatic carbocycles. The van der Waals surface area contributed by atoms with E-state index < -0.39 is 0 Å². The normalized spacial score (nSPS) is 18.4. The summed E-state index contributed by atoms with van der Waals surface area (Å²) in [5.41, 5.74) is 1.51. The van der Waals surface area contributed by atoms with Crippen molar-refractivity contribution in [3.05, 3.63) is 23.3 Å². The number of hydrogen-bond acceptors (Lipinski definition) is 5. The minimum absolute atomic E-state index is 0.289. The van der Waals surface area contributed by atoms with E-state index in [9.17, 15) is 4.79 Å². The first-order valence-corrected chi connectivity index (χ1v) is 6.76. The maximum atomic E-state index is 12.0. The highest BCUT2D eigenvalue weighted by Crippen LogP contribution is 2.36. The van der Waals surface area contributed by atoms with Crippen molar-refractivity contribution in [3.8, 4) is 11.5 Å². The van der Waals surface area contributed by atoms with Crippen molar-refractivity contribution in [2.24, 2.45) is 0 Å². The van der Waals surface area contributed by atoms with E-state index >= 15 is 0 Å². The highest BCUT2D eigenvalue weighted by molar-refractivity contribution is 5.92. The minimum atomic E-state index is -0.341. The third-order valence-electron chi connectivity index (χ3n) is 3.70. The number of benzene rings is 1. The fraction of sp³-hybridized carbons (Fsp3) is 0.533. The van der Waals surface area contributed by atoms with Crippen molar-refractivity contribution in [3.63, 3.8) is 0 Å². The number of carbonyl (C=O) groups is 1. The Morgan fingerprint density at radius 2 is 1.90 bits per heavy atom. The zero-order valence-corrected chi connectivity index (χ0v) is 12.2. The average Bonchev–Trinajstić information content (AvgIpc) is 2.53. The maximum Gasteiger partial charge on any atom is 0.338 e. The molecule has 5 heteroatoms. The third-order valence-corrected chi connectivity index (χ3v) is 3.70. The van der Waals surface area contributed by atoms with E-state index in [-0.39, 0.29) is 11.9 Å². The summed E-state index contributed by atoms with van der Waals surface area (Å²) in [7, 11) is 4.54. The lowest BCUT2D eigenvalue weighted by Crippen LogP contribution is -2.29.